The van der Waals surface area contributed by atoms with Crippen molar-refractivity contribution in [3.05, 3.63) is 87.5 Å². The molecular formula is C36H47ClN2O5Si. The number of hydrogen-bond donors (Lipinski definition) is 2. The molecule has 2 N–H and O–H groups in total. The van der Waals surface area contributed by atoms with E-state index in [-0.39, 0.29) is 36.4 Å². The largest absolute Gasteiger partial charge is 0.432 e. The van der Waals surface area contributed by atoms with Gasteiger partial charge in [-0.3, -0.25) is 9.59 Å². The third-order valence-corrected chi connectivity index (χ3v) is 12.7. The van der Waals surface area contributed by atoms with Crippen LogP contribution in [-0.4, -0.2) is 60.2 Å². The van der Waals surface area contributed by atoms with Gasteiger partial charge in [-0.25, -0.2) is 0 Å². The van der Waals surface area contributed by atoms with Crippen LogP contribution in [0.2, 0.25) is 23.7 Å². The zero-order valence-corrected chi connectivity index (χ0v) is 29.1. The van der Waals surface area contributed by atoms with Gasteiger partial charge in [-0.1, -0.05) is 66.1 Å². The predicted molar refractivity (Wildman–Crippen MR) is 182 cm³/mol. The summed E-state index contributed by atoms with van der Waals surface area (Å²) in [7, 11) is -2.96. The van der Waals surface area contributed by atoms with Crippen molar-refractivity contribution in [1.29, 1.82) is 0 Å². The lowest BCUT2D eigenvalue weighted by Crippen LogP contribution is -2.48. The van der Waals surface area contributed by atoms with Crippen molar-refractivity contribution in [2.24, 2.45) is 5.92 Å². The number of hydrogen-bond acceptors (Lipinski definition) is 5. The Balaban J connectivity index is 1.46. The number of rotatable bonds is 9. The van der Waals surface area contributed by atoms with Crippen molar-refractivity contribution in [3.63, 3.8) is 0 Å². The lowest BCUT2D eigenvalue weighted by Gasteiger charge is -2.37. The molecule has 1 saturated heterocycles. The van der Waals surface area contributed by atoms with Gasteiger partial charge in [0.05, 0.1) is 30.9 Å². The first-order valence-electron chi connectivity index (χ1n) is 16.1. The number of allylic oxidation sites excluding steroid dienone is 3. The molecule has 5 atom stereocenters. The molecule has 0 saturated carbocycles. The van der Waals surface area contributed by atoms with Gasteiger partial charge in [-0.15, -0.1) is 0 Å². The number of ether oxygens (including phenoxy) is 1. The smallest absolute Gasteiger partial charge is 0.264 e. The second-order valence-corrected chi connectivity index (χ2v) is 18.3. The second-order valence-electron chi connectivity index (χ2n) is 13.8. The minimum Gasteiger partial charge on any atom is -0.432 e. The quantitative estimate of drug-likeness (QED) is 0.239. The number of aliphatic hydroxyl groups excluding tert-OH is 1. The third kappa shape index (κ3) is 6.45. The molecule has 9 heteroatoms. The van der Waals surface area contributed by atoms with E-state index in [2.05, 4.69) is 32.9 Å². The highest BCUT2D eigenvalue weighted by molar-refractivity contribution is 6.71. The van der Waals surface area contributed by atoms with E-state index >= 15 is 0 Å². The van der Waals surface area contributed by atoms with E-state index in [1.807, 2.05) is 56.4 Å². The predicted octanol–water partition coefficient (Wildman–Crippen LogP) is 6.51. The first kappa shape index (κ1) is 33.6. The minimum absolute atomic E-state index is 0.0129. The van der Waals surface area contributed by atoms with Crippen LogP contribution in [0.5, 0.6) is 0 Å². The van der Waals surface area contributed by atoms with Crippen LogP contribution in [0.3, 0.4) is 0 Å². The van der Waals surface area contributed by atoms with Gasteiger partial charge in [-0.2, -0.15) is 0 Å². The number of anilines is 1. The molecule has 3 aliphatic rings. The Morgan fingerprint density at radius 2 is 1.84 bits per heavy atom. The molecule has 2 amide bonds. The fraction of sp³-hybridized carbons (Fsp3) is 0.500. The van der Waals surface area contributed by atoms with Crippen LogP contribution in [0.1, 0.15) is 63.6 Å². The number of carbonyl (C=O) groups excluding carboxylic acids is 2. The summed E-state index contributed by atoms with van der Waals surface area (Å²) in [4.78, 5) is 43.7. The second kappa shape index (κ2) is 13.2. The Labute approximate surface area is 273 Å². The highest BCUT2D eigenvalue weighted by atomic mass is 35.5. The summed E-state index contributed by atoms with van der Waals surface area (Å²) in [6.45, 7) is 12.6. The molecule has 1 spiro atoms. The standard InChI is InChI=1S/C36H47ClN2O5Si/c1-23(2)10-9-11-24(3)16-17-38-31-15-14-28(37)19-30(31)36(35(38)42)25(4)34(45(5,6)43)32(44-36)20-33(41)39-21-27-13-8-7-12-26(27)18-29(39)22-40/h7-8,10,12-16,19,25,29,32,34,40,43H,9,11,17-18,20-22H2,1-6H3/b24-16+/t25-,29+,32+,34-,36+/m1/s1. The summed E-state index contributed by atoms with van der Waals surface area (Å²) < 4.78 is 6.87. The van der Waals surface area contributed by atoms with Gasteiger partial charge in [-0.05, 0) is 82.5 Å². The Morgan fingerprint density at radius 3 is 2.51 bits per heavy atom. The van der Waals surface area contributed by atoms with Crippen LogP contribution in [0.25, 0.3) is 0 Å². The molecule has 3 heterocycles. The summed E-state index contributed by atoms with van der Waals surface area (Å²) >= 11 is 6.53. The molecule has 0 bridgehead atoms. The third-order valence-electron chi connectivity index (χ3n) is 9.92. The summed E-state index contributed by atoms with van der Waals surface area (Å²) in [6.07, 6.45) is 6.08. The fourth-order valence-electron chi connectivity index (χ4n) is 7.70. The van der Waals surface area contributed by atoms with Gasteiger partial charge >= 0.3 is 0 Å². The Morgan fingerprint density at radius 1 is 1.13 bits per heavy atom. The SMILES string of the molecule is CC(C)=CCC/C(C)=C/CN1C(=O)[C@@]2(O[C@@H](CC(=O)N3Cc4ccccc4C[C@H]3CO)[C@H]([Si](C)(C)O)[C@H]2C)c2cc(Cl)ccc21. The van der Waals surface area contributed by atoms with Crippen LogP contribution in [0.15, 0.2) is 65.8 Å². The minimum atomic E-state index is -2.96. The average molecular weight is 651 g/mol. The van der Waals surface area contributed by atoms with Gasteiger partial charge in [0.25, 0.3) is 5.91 Å². The first-order chi connectivity index (χ1) is 21.3. The molecule has 0 unspecified atom stereocenters. The molecule has 7 nitrogen and oxygen atoms in total. The molecule has 0 aromatic heterocycles. The van der Waals surface area contributed by atoms with Crippen molar-refractivity contribution in [1.82, 2.24) is 4.90 Å². The van der Waals surface area contributed by atoms with Crippen LogP contribution in [-0.2, 0) is 32.9 Å². The lowest BCUT2D eigenvalue weighted by atomic mass is 9.82. The summed E-state index contributed by atoms with van der Waals surface area (Å²) in [6, 6.07) is 13.1. The van der Waals surface area contributed by atoms with Gasteiger partial charge in [0.15, 0.2) is 13.9 Å². The van der Waals surface area contributed by atoms with Crippen LogP contribution >= 0.6 is 11.6 Å². The molecule has 5 rings (SSSR count). The van der Waals surface area contributed by atoms with Gasteiger partial charge in [0.1, 0.15) is 0 Å². The van der Waals surface area contributed by atoms with Crippen molar-refractivity contribution in [3.8, 4) is 0 Å². The van der Waals surface area contributed by atoms with Crippen LogP contribution in [0.4, 0.5) is 5.69 Å². The van der Waals surface area contributed by atoms with Crippen molar-refractivity contribution < 1.29 is 24.2 Å². The number of fused-ring (bicyclic) bond motifs is 3. The molecule has 0 radical (unpaired) electrons. The van der Waals surface area contributed by atoms with Gasteiger partial charge < -0.3 is 24.4 Å². The van der Waals surface area contributed by atoms with E-state index in [1.165, 1.54) is 11.1 Å². The number of benzene rings is 2. The first-order valence-corrected chi connectivity index (χ1v) is 19.5. The Kier molecular flexibility index (Phi) is 9.83. The Hall–Kier alpha value is -2.75. The van der Waals surface area contributed by atoms with E-state index in [4.69, 9.17) is 16.3 Å². The van der Waals surface area contributed by atoms with E-state index in [9.17, 15) is 19.5 Å². The number of amides is 2. The van der Waals surface area contributed by atoms with E-state index < -0.39 is 25.9 Å². The molecular weight excluding hydrogens is 604 g/mol. The van der Waals surface area contributed by atoms with E-state index in [0.717, 1.165) is 29.7 Å². The number of halogens is 1. The van der Waals surface area contributed by atoms with Gasteiger partial charge in [0, 0.05) is 35.1 Å². The maximum atomic E-state index is 14.6. The summed E-state index contributed by atoms with van der Waals surface area (Å²) in [5.74, 6) is -0.723. The highest BCUT2D eigenvalue weighted by Crippen LogP contribution is 2.60. The zero-order chi connectivity index (χ0) is 32.7. The van der Waals surface area contributed by atoms with Crippen molar-refractivity contribution in [2.45, 2.75) is 96.3 Å². The lowest BCUT2D eigenvalue weighted by molar-refractivity contribution is -0.150. The van der Waals surface area contributed by atoms with E-state index in [0.29, 0.717) is 30.1 Å². The molecule has 45 heavy (non-hydrogen) atoms. The number of aliphatic hydroxyl groups is 1. The number of nitrogens with zero attached hydrogens (tertiary/aromatic N) is 2. The fourth-order valence-corrected chi connectivity index (χ4v) is 10.4. The maximum Gasteiger partial charge on any atom is 0.264 e. The van der Waals surface area contributed by atoms with Crippen LogP contribution < -0.4 is 4.90 Å². The topological polar surface area (TPSA) is 90.3 Å². The van der Waals surface area contributed by atoms with E-state index in [1.54, 1.807) is 15.9 Å². The molecule has 1 fully saturated rings. The summed E-state index contributed by atoms with van der Waals surface area (Å²) in [5, 5.41) is 10.7. The number of carbonyl (C=O) groups is 2. The molecule has 0 aliphatic carbocycles. The molecule has 3 aliphatic heterocycles. The maximum absolute atomic E-state index is 14.6. The normalized spacial score (nSPS) is 26.3. The molecule has 2 aromatic carbocycles. The summed E-state index contributed by atoms with van der Waals surface area (Å²) in [5.41, 5.74) is 4.38. The van der Waals surface area contributed by atoms with Crippen LogP contribution in [0, 0.1) is 5.92 Å². The monoisotopic (exact) mass is 650 g/mol. The molecule has 2 aromatic rings. The molecule has 242 valence electrons. The zero-order valence-electron chi connectivity index (χ0n) is 27.3. The van der Waals surface area contributed by atoms with Crippen molar-refractivity contribution >= 4 is 37.4 Å². The Bertz CT molecular complexity index is 1510. The van der Waals surface area contributed by atoms with Crippen molar-refractivity contribution in [2.75, 3.05) is 18.1 Å². The average Bonchev–Trinajstić information content (AvgIpc) is 3.40. The van der Waals surface area contributed by atoms with Gasteiger partial charge in [0.2, 0.25) is 5.91 Å². The highest BCUT2D eigenvalue weighted by Gasteiger charge is 2.66.